The van der Waals surface area contributed by atoms with Crippen LogP contribution in [0, 0.1) is 0 Å². The van der Waals surface area contributed by atoms with Crippen LogP contribution in [0.5, 0.6) is 0 Å². The largest absolute Gasteiger partial charge is 0.481 e. The molecule has 0 aliphatic rings. The fraction of sp³-hybridized carbons (Fsp3) is 0.222. The van der Waals surface area contributed by atoms with Gasteiger partial charge in [-0.15, -0.1) is 0 Å². The number of rotatable bonds is 6. The first-order valence-corrected chi connectivity index (χ1v) is 7.26. The van der Waals surface area contributed by atoms with Crippen molar-refractivity contribution in [1.82, 2.24) is 5.32 Å². The SMILES string of the molecule is CCC(=O)NC(CC(=O)O)c1ccc(-c2ccccc2)cc1. The van der Waals surface area contributed by atoms with Crippen LogP contribution >= 0.6 is 0 Å². The van der Waals surface area contributed by atoms with Gasteiger partial charge in [-0.25, -0.2) is 0 Å². The first kappa shape index (κ1) is 15.8. The third kappa shape index (κ3) is 4.19. The average molecular weight is 297 g/mol. The van der Waals surface area contributed by atoms with E-state index in [4.69, 9.17) is 5.11 Å². The molecule has 0 spiro atoms. The number of nitrogens with one attached hydrogen (secondary N) is 1. The number of carboxylic acids is 1. The molecule has 2 aromatic rings. The third-order valence-electron chi connectivity index (χ3n) is 3.46. The predicted octanol–water partition coefficient (Wildman–Crippen LogP) is 3.40. The van der Waals surface area contributed by atoms with Gasteiger partial charge in [0.05, 0.1) is 12.5 Å². The summed E-state index contributed by atoms with van der Waals surface area (Å²) in [6.45, 7) is 1.74. The van der Waals surface area contributed by atoms with Gasteiger partial charge in [-0.1, -0.05) is 61.5 Å². The van der Waals surface area contributed by atoms with Crippen molar-refractivity contribution in [2.24, 2.45) is 0 Å². The van der Waals surface area contributed by atoms with Crippen molar-refractivity contribution in [3.8, 4) is 11.1 Å². The number of carboxylic acid groups (broad SMARTS) is 1. The van der Waals surface area contributed by atoms with Crippen LogP contribution < -0.4 is 5.32 Å². The monoisotopic (exact) mass is 297 g/mol. The van der Waals surface area contributed by atoms with E-state index in [2.05, 4.69) is 5.32 Å². The normalized spacial score (nSPS) is 11.7. The predicted molar refractivity (Wildman–Crippen MR) is 85.3 cm³/mol. The lowest BCUT2D eigenvalue weighted by Gasteiger charge is -2.17. The minimum absolute atomic E-state index is 0.129. The molecule has 0 aromatic heterocycles. The Morgan fingerprint density at radius 3 is 2.14 bits per heavy atom. The highest BCUT2D eigenvalue weighted by Gasteiger charge is 2.17. The van der Waals surface area contributed by atoms with Crippen molar-refractivity contribution < 1.29 is 14.7 Å². The molecule has 1 amide bonds. The Labute approximate surface area is 129 Å². The Hall–Kier alpha value is -2.62. The van der Waals surface area contributed by atoms with E-state index >= 15 is 0 Å². The van der Waals surface area contributed by atoms with Gasteiger partial charge < -0.3 is 10.4 Å². The number of carbonyl (C=O) groups is 2. The molecule has 114 valence electrons. The van der Waals surface area contributed by atoms with Gasteiger partial charge in [-0.3, -0.25) is 9.59 Å². The molecule has 0 fully saturated rings. The summed E-state index contributed by atoms with van der Waals surface area (Å²) in [5.41, 5.74) is 2.95. The lowest BCUT2D eigenvalue weighted by molar-refractivity contribution is -0.137. The molecule has 1 atom stereocenters. The Kier molecular flexibility index (Phi) is 5.31. The van der Waals surface area contributed by atoms with Crippen LogP contribution in [0.15, 0.2) is 54.6 Å². The topological polar surface area (TPSA) is 66.4 Å². The second-order valence-corrected chi connectivity index (χ2v) is 5.06. The molecule has 4 nitrogen and oxygen atoms in total. The maximum atomic E-state index is 11.6. The maximum absolute atomic E-state index is 11.6. The highest BCUT2D eigenvalue weighted by molar-refractivity contribution is 5.77. The lowest BCUT2D eigenvalue weighted by Crippen LogP contribution is -2.29. The molecule has 0 radical (unpaired) electrons. The van der Waals surface area contributed by atoms with Crippen molar-refractivity contribution in [3.63, 3.8) is 0 Å². The van der Waals surface area contributed by atoms with Crippen molar-refractivity contribution >= 4 is 11.9 Å². The molecule has 0 heterocycles. The fourth-order valence-electron chi connectivity index (χ4n) is 2.26. The van der Waals surface area contributed by atoms with Gasteiger partial charge >= 0.3 is 5.97 Å². The minimum Gasteiger partial charge on any atom is -0.481 e. The van der Waals surface area contributed by atoms with E-state index in [1.165, 1.54) is 0 Å². The van der Waals surface area contributed by atoms with Crippen molar-refractivity contribution in [3.05, 3.63) is 60.2 Å². The molecular weight excluding hydrogens is 278 g/mol. The second-order valence-electron chi connectivity index (χ2n) is 5.06. The molecular formula is C18H19NO3. The van der Waals surface area contributed by atoms with Gasteiger partial charge in [0, 0.05) is 6.42 Å². The van der Waals surface area contributed by atoms with Crippen LogP contribution in [-0.2, 0) is 9.59 Å². The summed E-state index contributed by atoms with van der Waals surface area (Å²) in [5, 5.41) is 11.8. The Bertz CT molecular complexity index is 635. The van der Waals surface area contributed by atoms with Crippen LogP contribution in [0.2, 0.25) is 0 Å². The van der Waals surface area contributed by atoms with Crippen molar-refractivity contribution in [2.45, 2.75) is 25.8 Å². The highest BCUT2D eigenvalue weighted by Crippen LogP contribution is 2.23. The second kappa shape index (κ2) is 7.41. The molecule has 2 aromatic carbocycles. The number of hydrogen-bond acceptors (Lipinski definition) is 2. The molecule has 1 unspecified atom stereocenters. The highest BCUT2D eigenvalue weighted by atomic mass is 16.4. The van der Waals surface area contributed by atoms with Gasteiger partial charge in [0.25, 0.3) is 0 Å². The molecule has 0 saturated carbocycles. The van der Waals surface area contributed by atoms with Gasteiger partial charge in [0.2, 0.25) is 5.91 Å². The fourth-order valence-corrected chi connectivity index (χ4v) is 2.26. The molecule has 22 heavy (non-hydrogen) atoms. The van der Waals surface area contributed by atoms with E-state index in [9.17, 15) is 9.59 Å². The summed E-state index contributed by atoms with van der Waals surface area (Å²) in [4.78, 5) is 22.6. The van der Waals surface area contributed by atoms with E-state index in [1.807, 2.05) is 54.6 Å². The van der Waals surface area contributed by atoms with Crippen LogP contribution in [-0.4, -0.2) is 17.0 Å². The Balaban J connectivity index is 2.21. The van der Waals surface area contributed by atoms with Gasteiger partial charge in [-0.2, -0.15) is 0 Å². The number of carbonyl (C=O) groups excluding carboxylic acids is 1. The van der Waals surface area contributed by atoms with Gasteiger partial charge in [0.15, 0.2) is 0 Å². The number of benzene rings is 2. The zero-order valence-corrected chi connectivity index (χ0v) is 12.5. The van der Waals surface area contributed by atoms with E-state index in [-0.39, 0.29) is 12.3 Å². The molecule has 2 rings (SSSR count). The molecule has 0 bridgehead atoms. The first-order chi connectivity index (χ1) is 10.6. The smallest absolute Gasteiger partial charge is 0.305 e. The lowest BCUT2D eigenvalue weighted by atomic mass is 9.99. The first-order valence-electron chi connectivity index (χ1n) is 7.26. The van der Waals surface area contributed by atoms with Crippen molar-refractivity contribution in [1.29, 1.82) is 0 Å². The Morgan fingerprint density at radius 2 is 1.59 bits per heavy atom. The van der Waals surface area contributed by atoms with E-state index < -0.39 is 12.0 Å². The van der Waals surface area contributed by atoms with Crippen LogP contribution in [0.25, 0.3) is 11.1 Å². The third-order valence-corrected chi connectivity index (χ3v) is 3.46. The van der Waals surface area contributed by atoms with E-state index in [0.717, 1.165) is 16.7 Å². The zero-order chi connectivity index (χ0) is 15.9. The maximum Gasteiger partial charge on any atom is 0.305 e. The summed E-state index contributed by atoms with van der Waals surface area (Å²) in [6.07, 6.45) is 0.203. The molecule has 0 aliphatic carbocycles. The summed E-state index contributed by atoms with van der Waals surface area (Å²) in [5.74, 6) is -1.09. The molecule has 0 saturated heterocycles. The van der Waals surface area contributed by atoms with E-state index in [1.54, 1.807) is 6.92 Å². The minimum atomic E-state index is -0.937. The van der Waals surface area contributed by atoms with Gasteiger partial charge in [0.1, 0.15) is 0 Å². The standard InChI is InChI=1S/C18H19NO3/c1-2-17(20)19-16(12-18(21)22)15-10-8-14(9-11-15)13-6-4-3-5-7-13/h3-11,16H,2,12H2,1H3,(H,19,20)(H,21,22). The summed E-state index contributed by atoms with van der Waals surface area (Å²) in [6, 6.07) is 17.0. The number of hydrogen-bond donors (Lipinski definition) is 2. The van der Waals surface area contributed by atoms with Crippen LogP contribution in [0.1, 0.15) is 31.4 Å². The summed E-state index contributed by atoms with van der Waals surface area (Å²) in [7, 11) is 0. The molecule has 2 N–H and O–H groups in total. The molecule has 0 aliphatic heterocycles. The van der Waals surface area contributed by atoms with Crippen LogP contribution in [0.3, 0.4) is 0 Å². The molecule has 4 heteroatoms. The van der Waals surface area contributed by atoms with Crippen LogP contribution in [0.4, 0.5) is 0 Å². The Morgan fingerprint density at radius 1 is 1.00 bits per heavy atom. The van der Waals surface area contributed by atoms with Gasteiger partial charge in [-0.05, 0) is 16.7 Å². The number of amides is 1. The quantitative estimate of drug-likeness (QED) is 0.858. The number of aliphatic carboxylic acids is 1. The summed E-state index contributed by atoms with van der Waals surface area (Å²) >= 11 is 0. The zero-order valence-electron chi connectivity index (χ0n) is 12.5. The van der Waals surface area contributed by atoms with Crippen molar-refractivity contribution in [2.75, 3.05) is 0 Å². The van der Waals surface area contributed by atoms with E-state index in [0.29, 0.717) is 6.42 Å². The average Bonchev–Trinajstić information content (AvgIpc) is 2.54. The summed E-state index contributed by atoms with van der Waals surface area (Å²) < 4.78 is 0.